The molecular weight excluding hydrogens is 326 g/mol. The van der Waals surface area contributed by atoms with Gasteiger partial charge in [0.15, 0.2) is 0 Å². The molecule has 1 aromatic rings. The summed E-state index contributed by atoms with van der Waals surface area (Å²) >= 11 is 9.43. The van der Waals surface area contributed by atoms with Crippen LogP contribution in [0.5, 0.6) is 0 Å². The van der Waals surface area contributed by atoms with E-state index < -0.39 is 0 Å². The predicted molar refractivity (Wildman–Crippen MR) is 84.8 cm³/mol. The molecule has 0 aliphatic heterocycles. The van der Waals surface area contributed by atoms with Crippen molar-refractivity contribution in [2.24, 2.45) is 5.41 Å². The molecular formula is C15H21BrClNO. The van der Waals surface area contributed by atoms with Crippen molar-refractivity contribution in [3.8, 4) is 0 Å². The van der Waals surface area contributed by atoms with Gasteiger partial charge in [0.25, 0.3) is 5.91 Å². The summed E-state index contributed by atoms with van der Waals surface area (Å²) in [6, 6.07) is 5.28. The topological polar surface area (TPSA) is 29.1 Å². The van der Waals surface area contributed by atoms with E-state index in [0.717, 1.165) is 10.9 Å². The molecule has 0 bridgehead atoms. The molecule has 0 radical (unpaired) electrons. The van der Waals surface area contributed by atoms with Gasteiger partial charge in [-0.15, -0.1) is 0 Å². The minimum Gasteiger partial charge on any atom is -0.347 e. The van der Waals surface area contributed by atoms with Gasteiger partial charge in [-0.1, -0.05) is 48.3 Å². The summed E-state index contributed by atoms with van der Waals surface area (Å²) in [5, 5.41) is 3.51. The van der Waals surface area contributed by atoms with Gasteiger partial charge in [0.05, 0.1) is 10.6 Å². The van der Waals surface area contributed by atoms with Crippen LogP contribution in [-0.4, -0.2) is 11.4 Å². The molecule has 106 valence electrons. The second kappa shape index (κ2) is 5.84. The number of amides is 1. The van der Waals surface area contributed by atoms with Gasteiger partial charge >= 0.3 is 0 Å². The van der Waals surface area contributed by atoms with Crippen molar-refractivity contribution >= 4 is 33.4 Å². The molecule has 0 aromatic heterocycles. The first-order valence-electron chi connectivity index (χ1n) is 6.28. The summed E-state index contributed by atoms with van der Waals surface area (Å²) in [7, 11) is 0. The van der Waals surface area contributed by atoms with E-state index in [4.69, 9.17) is 11.6 Å². The summed E-state index contributed by atoms with van der Waals surface area (Å²) in [5.74, 6) is -0.133. The van der Waals surface area contributed by atoms with Crippen LogP contribution in [0.15, 0.2) is 22.7 Å². The van der Waals surface area contributed by atoms with Gasteiger partial charge in [-0.05, 0) is 43.9 Å². The fraction of sp³-hybridized carbons (Fsp3) is 0.533. The van der Waals surface area contributed by atoms with Crippen molar-refractivity contribution in [2.45, 2.75) is 46.6 Å². The molecule has 0 fully saturated rings. The summed E-state index contributed by atoms with van der Waals surface area (Å²) in [6.45, 7) is 10.5. The Morgan fingerprint density at radius 1 is 1.26 bits per heavy atom. The van der Waals surface area contributed by atoms with E-state index in [9.17, 15) is 4.79 Å². The molecule has 0 saturated carbocycles. The summed E-state index contributed by atoms with van der Waals surface area (Å²) in [6.07, 6.45) is 0.889. The van der Waals surface area contributed by atoms with Gasteiger partial charge in [-0.3, -0.25) is 4.79 Å². The van der Waals surface area contributed by atoms with Crippen LogP contribution < -0.4 is 5.32 Å². The maximum Gasteiger partial charge on any atom is 0.253 e. The van der Waals surface area contributed by atoms with E-state index in [-0.39, 0.29) is 16.9 Å². The highest BCUT2D eigenvalue weighted by molar-refractivity contribution is 9.10. The Kier molecular flexibility index (Phi) is 5.08. The highest BCUT2D eigenvalue weighted by atomic mass is 79.9. The third kappa shape index (κ3) is 5.53. The monoisotopic (exact) mass is 345 g/mol. The Balaban J connectivity index is 2.84. The lowest BCUT2D eigenvalue weighted by molar-refractivity contribution is 0.0891. The smallest absolute Gasteiger partial charge is 0.253 e. The molecule has 2 nitrogen and oxygen atoms in total. The van der Waals surface area contributed by atoms with Crippen LogP contribution in [0.4, 0.5) is 0 Å². The van der Waals surface area contributed by atoms with E-state index >= 15 is 0 Å². The Bertz CT molecular complexity index is 478. The first-order valence-corrected chi connectivity index (χ1v) is 7.45. The Labute approximate surface area is 129 Å². The third-order valence-corrected chi connectivity index (χ3v) is 3.41. The van der Waals surface area contributed by atoms with Gasteiger partial charge < -0.3 is 5.32 Å². The van der Waals surface area contributed by atoms with E-state index in [1.807, 2.05) is 19.9 Å². The molecule has 19 heavy (non-hydrogen) atoms. The number of nitrogens with one attached hydrogen (secondary N) is 1. The molecule has 0 aliphatic carbocycles. The molecule has 1 aromatic carbocycles. The molecule has 0 unspecified atom stereocenters. The SMILES string of the molecule is CC(C)(C)CC(C)(C)NC(=O)c1ccc(Br)cc1Cl. The zero-order chi connectivity index (χ0) is 14.8. The molecule has 0 saturated heterocycles. The Morgan fingerprint density at radius 3 is 2.32 bits per heavy atom. The van der Waals surface area contributed by atoms with Gasteiger partial charge in [0.1, 0.15) is 0 Å². The molecule has 4 heteroatoms. The van der Waals surface area contributed by atoms with Gasteiger partial charge in [-0.2, -0.15) is 0 Å². The minimum absolute atomic E-state index is 0.133. The second-order valence-electron chi connectivity index (χ2n) is 6.70. The average molecular weight is 347 g/mol. The Morgan fingerprint density at radius 2 is 1.84 bits per heavy atom. The summed E-state index contributed by atoms with van der Waals surface area (Å²) in [4.78, 5) is 12.3. The lowest BCUT2D eigenvalue weighted by Gasteiger charge is -2.33. The van der Waals surface area contributed by atoms with Gasteiger partial charge in [0, 0.05) is 10.0 Å². The number of rotatable bonds is 3. The second-order valence-corrected chi connectivity index (χ2v) is 8.02. The number of carbonyl (C=O) groups excluding carboxylic acids is 1. The first kappa shape index (κ1) is 16.5. The van der Waals surface area contributed by atoms with Crippen LogP contribution in [0.2, 0.25) is 5.02 Å². The van der Waals surface area contributed by atoms with Crippen molar-refractivity contribution in [1.29, 1.82) is 0 Å². The van der Waals surface area contributed by atoms with Crippen LogP contribution in [0, 0.1) is 5.41 Å². The van der Waals surface area contributed by atoms with Crippen molar-refractivity contribution in [3.05, 3.63) is 33.3 Å². The lowest BCUT2D eigenvalue weighted by Crippen LogP contribution is -2.45. The zero-order valence-electron chi connectivity index (χ0n) is 12.1. The zero-order valence-corrected chi connectivity index (χ0v) is 14.4. The number of hydrogen-bond donors (Lipinski definition) is 1. The predicted octanol–water partition coefficient (Wildman–Crippen LogP) is 5.05. The molecule has 1 amide bonds. The molecule has 0 spiro atoms. The van der Waals surface area contributed by atoms with Crippen LogP contribution in [0.3, 0.4) is 0 Å². The van der Waals surface area contributed by atoms with Gasteiger partial charge in [0.2, 0.25) is 0 Å². The maximum atomic E-state index is 12.3. The largest absolute Gasteiger partial charge is 0.347 e. The van der Waals surface area contributed by atoms with E-state index in [0.29, 0.717) is 10.6 Å². The molecule has 0 heterocycles. The third-order valence-electron chi connectivity index (χ3n) is 2.60. The highest BCUT2D eigenvalue weighted by Gasteiger charge is 2.27. The molecule has 0 aliphatic rings. The van der Waals surface area contributed by atoms with Crippen molar-refractivity contribution in [2.75, 3.05) is 0 Å². The molecule has 1 N–H and O–H groups in total. The lowest BCUT2D eigenvalue weighted by atomic mass is 9.81. The molecule has 0 atom stereocenters. The van der Waals surface area contributed by atoms with Gasteiger partial charge in [-0.25, -0.2) is 0 Å². The maximum absolute atomic E-state index is 12.3. The quantitative estimate of drug-likeness (QED) is 0.815. The van der Waals surface area contributed by atoms with Crippen molar-refractivity contribution in [1.82, 2.24) is 5.32 Å². The average Bonchev–Trinajstić information content (AvgIpc) is 2.11. The minimum atomic E-state index is -0.272. The summed E-state index contributed by atoms with van der Waals surface area (Å²) < 4.78 is 0.864. The van der Waals surface area contributed by atoms with E-state index in [1.165, 1.54) is 0 Å². The van der Waals surface area contributed by atoms with Crippen LogP contribution in [-0.2, 0) is 0 Å². The van der Waals surface area contributed by atoms with Crippen molar-refractivity contribution in [3.63, 3.8) is 0 Å². The fourth-order valence-corrected chi connectivity index (χ4v) is 3.18. The number of halogens is 2. The molecule has 1 rings (SSSR count). The van der Waals surface area contributed by atoms with E-state index in [2.05, 4.69) is 42.0 Å². The van der Waals surface area contributed by atoms with Crippen LogP contribution in [0.1, 0.15) is 51.4 Å². The first-order chi connectivity index (χ1) is 8.50. The summed E-state index contributed by atoms with van der Waals surface area (Å²) in [5.41, 5.74) is 0.387. The van der Waals surface area contributed by atoms with Crippen LogP contribution in [0.25, 0.3) is 0 Å². The normalized spacial score (nSPS) is 12.4. The standard InChI is InChI=1S/C15H21BrClNO/c1-14(2,3)9-15(4,5)18-13(19)11-7-6-10(16)8-12(11)17/h6-8H,9H2,1-5H3,(H,18,19). The number of hydrogen-bond acceptors (Lipinski definition) is 1. The Hall–Kier alpha value is -0.540. The number of benzene rings is 1. The van der Waals surface area contributed by atoms with Crippen molar-refractivity contribution < 1.29 is 4.79 Å². The number of carbonyl (C=O) groups is 1. The van der Waals surface area contributed by atoms with Crippen LogP contribution >= 0.6 is 27.5 Å². The fourth-order valence-electron chi connectivity index (χ4n) is 2.42. The highest BCUT2D eigenvalue weighted by Crippen LogP contribution is 2.28. The van der Waals surface area contributed by atoms with E-state index in [1.54, 1.807) is 12.1 Å².